The van der Waals surface area contributed by atoms with Crippen LogP contribution in [0.15, 0.2) is 43.2 Å². The minimum absolute atomic E-state index is 0.800. The van der Waals surface area contributed by atoms with Crippen molar-refractivity contribution in [2.24, 2.45) is 0 Å². The molecule has 0 saturated heterocycles. The molecule has 0 bridgehead atoms. The Labute approximate surface area is 88.5 Å². The molecule has 1 aromatic heterocycles. The molecule has 68 valence electrons. The molecule has 3 heteroatoms. The van der Waals surface area contributed by atoms with E-state index < -0.39 is 0 Å². The van der Waals surface area contributed by atoms with Crippen molar-refractivity contribution in [3.63, 3.8) is 0 Å². The van der Waals surface area contributed by atoms with Crippen LogP contribution in [0.2, 0.25) is 0 Å². The number of rotatable bonds is 4. The Morgan fingerprint density at radius 1 is 1.38 bits per heavy atom. The van der Waals surface area contributed by atoms with E-state index in [9.17, 15) is 0 Å². The van der Waals surface area contributed by atoms with Crippen molar-refractivity contribution in [2.45, 2.75) is 6.54 Å². The zero-order valence-corrected chi connectivity index (χ0v) is 8.98. The molecule has 0 aliphatic rings. The monoisotopic (exact) mass is 210 g/mol. The van der Waals surface area contributed by atoms with Crippen LogP contribution in [0.4, 0.5) is 0 Å². The number of nitrogens with zero attached hydrogens (tertiary/aromatic N) is 1. The van der Waals surface area contributed by atoms with Crippen molar-refractivity contribution >= 4 is 28.2 Å². The molecule has 0 amide bonds. The van der Waals surface area contributed by atoms with Gasteiger partial charge in [-0.3, -0.25) is 0 Å². The minimum Gasteiger partial charge on any atom is -0.199 e. The van der Waals surface area contributed by atoms with Crippen molar-refractivity contribution < 1.29 is 4.57 Å². The van der Waals surface area contributed by atoms with Gasteiger partial charge in [0, 0.05) is 17.9 Å². The maximum atomic E-state index is 5.20. The lowest BCUT2D eigenvalue weighted by Crippen LogP contribution is -2.35. The Hall–Kier alpha value is -0.670. The molecule has 0 unspecified atom stereocenters. The molecular weight excluding hydrogens is 198 g/mol. The second-order valence-electron chi connectivity index (χ2n) is 2.52. The lowest BCUT2D eigenvalue weighted by molar-refractivity contribution is -0.681. The third-order valence-corrected chi connectivity index (χ3v) is 2.79. The van der Waals surface area contributed by atoms with Gasteiger partial charge < -0.3 is 0 Å². The highest BCUT2D eigenvalue weighted by Crippen LogP contribution is 2.03. The summed E-state index contributed by atoms with van der Waals surface area (Å²) in [7, 11) is 0. The summed E-state index contributed by atoms with van der Waals surface area (Å²) in [6.07, 6.45) is 5.90. The van der Waals surface area contributed by atoms with Crippen molar-refractivity contribution in [1.29, 1.82) is 0 Å². The summed E-state index contributed by atoms with van der Waals surface area (Å²) in [6, 6.07) is 6.00. The molecule has 0 aromatic carbocycles. The average molecular weight is 210 g/mol. The number of hydrogen-bond donors (Lipinski definition) is 0. The van der Waals surface area contributed by atoms with E-state index in [0.717, 1.165) is 16.5 Å². The maximum absolute atomic E-state index is 5.20. The van der Waals surface area contributed by atoms with Gasteiger partial charge in [-0.25, -0.2) is 0 Å². The predicted octanol–water partition coefficient (Wildman–Crippen LogP) is 2.22. The second kappa shape index (κ2) is 5.89. The summed E-state index contributed by atoms with van der Waals surface area (Å²) in [5, 5.41) is 0. The summed E-state index contributed by atoms with van der Waals surface area (Å²) in [5.41, 5.74) is 0. The summed E-state index contributed by atoms with van der Waals surface area (Å²) in [5.74, 6) is 0.895. The quantitative estimate of drug-likeness (QED) is 0.426. The molecule has 0 aliphatic carbocycles. The van der Waals surface area contributed by atoms with Crippen LogP contribution >= 0.6 is 24.0 Å². The van der Waals surface area contributed by atoms with Crippen LogP contribution in [0, 0.1) is 0 Å². The fourth-order valence-corrected chi connectivity index (χ4v) is 1.78. The molecule has 0 saturated carbocycles. The van der Waals surface area contributed by atoms with E-state index in [4.69, 9.17) is 12.2 Å². The van der Waals surface area contributed by atoms with E-state index in [1.165, 1.54) is 0 Å². The Bertz CT molecular complexity index is 282. The third kappa shape index (κ3) is 4.20. The smallest absolute Gasteiger partial charge is 0.189 e. The number of aromatic nitrogens is 1. The van der Waals surface area contributed by atoms with Crippen molar-refractivity contribution in [3.8, 4) is 0 Å². The zero-order chi connectivity index (χ0) is 9.52. The highest BCUT2D eigenvalue weighted by atomic mass is 32.2. The molecule has 1 heterocycles. The molecule has 0 fully saturated rings. The molecule has 0 radical (unpaired) electrons. The Morgan fingerprint density at radius 2 is 2.08 bits per heavy atom. The fourth-order valence-electron chi connectivity index (χ4n) is 0.886. The highest BCUT2D eigenvalue weighted by molar-refractivity contribution is 8.23. The van der Waals surface area contributed by atoms with Crippen molar-refractivity contribution in [3.05, 3.63) is 43.2 Å². The summed E-state index contributed by atoms with van der Waals surface area (Å²) in [6.45, 7) is 4.45. The van der Waals surface area contributed by atoms with Gasteiger partial charge >= 0.3 is 0 Å². The summed E-state index contributed by atoms with van der Waals surface area (Å²) < 4.78 is 3.06. The van der Waals surface area contributed by atoms with Crippen LogP contribution in [0.3, 0.4) is 0 Å². The van der Waals surface area contributed by atoms with Crippen molar-refractivity contribution in [1.82, 2.24) is 0 Å². The molecule has 0 N–H and O–H groups in total. The van der Waals surface area contributed by atoms with Gasteiger partial charge in [0.05, 0.1) is 0 Å². The van der Waals surface area contributed by atoms with E-state index in [0.29, 0.717) is 0 Å². The molecule has 0 atom stereocenters. The van der Waals surface area contributed by atoms with E-state index in [1.807, 2.05) is 36.7 Å². The van der Waals surface area contributed by atoms with Gasteiger partial charge in [-0.15, -0.1) is 18.3 Å². The standard InChI is InChI=1S/C10H12NS2/c1-2-8-13-10(12)9-11-6-4-3-5-7-11/h2-7H,1,8-9H2/q+1. The van der Waals surface area contributed by atoms with Crippen molar-refractivity contribution in [2.75, 3.05) is 5.75 Å². The van der Waals surface area contributed by atoms with E-state index in [-0.39, 0.29) is 0 Å². The summed E-state index contributed by atoms with van der Waals surface area (Å²) >= 11 is 6.86. The van der Waals surface area contributed by atoms with Gasteiger partial charge in [0.2, 0.25) is 0 Å². The van der Waals surface area contributed by atoms with E-state index in [1.54, 1.807) is 11.8 Å². The van der Waals surface area contributed by atoms with Crippen LogP contribution < -0.4 is 4.57 Å². The van der Waals surface area contributed by atoms with Crippen LogP contribution in [0.1, 0.15) is 0 Å². The molecule has 1 rings (SSSR count). The minimum atomic E-state index is 0.800. The molecule has 1 nitrogen and oxygen atoms in total. The number of pyridine rings is 1. The molecule has 0 aliphatic heterocycles. The Kier molecular flexibility index (Phi) is 4.72. The zero-order valence-electron chi connectivity index (χ0n) is 7.35. The first-order valence-electron chi connectivity index (χ1n) is 4.03. The van der Waals surface area contributed by atoms with E-state index in [2.05, 4.69) is 11.1 Å². The van der Waals surface area contributed by atoms with Gasteiger partial charge in [0.15, 0.2) is 18.9 Å². The molecule has 1 aromatic rings. The normalized spacial score (nSPS) is 9.54. The number of thioether (sulfide) groups is 1. The fraction of sp³-hybridized carbons (Fsp3) is 0.200. The highest BCUT2D eigenvalue weighted by Gasteiger charge is 2.03. The topological polar surface area (TPSA) is 3.88 Å². The first kappa shape index (κ1) is 10.4. The summed E-state index contributed by atoms with van der Waals surface area (Å²) in [4.78, 5) is 0. The van der Waals surface area contributed by atoms with E-state index >= 15 is 0 Å². The van der Waals surface area contributed by atoms with Gasteiger partial charge in [0.25, 0.3) is 0 Å². The van der Waals surface area contributed by atoms with Gasteiger partial charge in [-0.1, -0.05) is 24.4 Å². The lowest BCUT2D eigenvalue weighted by Gasteiger charge is -1.96. The first-order chi connectivity index (χ1) is 6.33. The lowest BCUT2D eigenvalue weighted by atomic mass is 10.5. The number of hydrogen-bond acceptors (Lipinski definition) is 2. The third-order valence-electron chi connectivity index (χ3n) is 1.45. The first-order valence-corrected chi connectivity index (χ1v) is 5.43. The maximum Gasteiger partial charge on any atom is 0.189 e. The van der Waals surface area contributed by atoms with Crippen LogP contribution in [-0.2, 0) is 6.54 Å². The SMILES string of the molecule is C=CCSC(=S)C[n+]1ccccc1. The molecule has 0 spiro atoms. The Balaban J connectivity index is 2.41. The predicted molar refractivity (Wildman–Crippen MR) is 61.9 cm³/mol. The Morgan fingerprint density at radius 3 is 2.69 bits per heavy atom. The van der Waals surface area contributed by atoms with Crippen LogP contribution in [-0.4, -0.2) is 9.95 Å². The van der Waals surface area contributed by atoms with Gasteiger partial charge in [-0.05, 0) is 0 Å². The van der Waals surface area contributed by atoms with Crippen LogP contribution in [0.5, 0.6) is 0 Å². The number of thiocarbonyl (C=S) groups is 1. The largest absolute Gasteiger partial charge is 0.199 e. The molecule has 13 heavy (non-hydrogen) atoms. The molecular formula is C10H12NS2+. The van der Waals surface area contributed by atoms with Gasteiger partial charge in [-0.2, -0.15) is 4.57 Å². The van der Waals surface area contributed by atoms with Gasteiger partial charge in [0.1, 0.15) is 4.20 Å². The van der Waals surface area contributed by atoms with Crippen LogP contribution in [0.25, 0.3) is 0 Å². The average Bonchev–Trinajstić information content (AvgIpc) is 2.16. The second-order valence-corrected chi connectivity index (χ2v) is 4.39.